The largest absolute Gasteiger partial charge is 0.497 e. The normalized spacial score (nSPS) is 10.1. The van der Waals surface area contributed by atoms with Gasteiger partial charge in [0, 0.05) is 5.33 Å². The van der Waals surface area contributed by atoms with E-state index in [-0.39, 0.29) is 0 Å². The number of rotatable bonds is 3. The minimum atomic E-state index is 0.656. The van der Waals surface area contributed by atoms with E-state index in [1.807, 2.05) is 18.2 Å². The first-order chi connectivity index (χ1) is 6.81. The minimum absolute atomic E-state index is 0.656. The molecule has 0 bridgehead atoms. The molecule has 14 heavy (non-hydrogen) atoms. The van der Waals surface area contributed by atoms with Gasteiger partial charge in [-0.2, -0.15) is 5.26 Å². The summed E-state index contributed by atoms with van der Waals surface area (Å²) in [5, 5.41) is 9.62. The molecule has 0 radical (unpaired) electrons. The lowest BCUT2D eigenvalue weighted by Crippen LogP contribution is -1.86. The van der Waals surface area contributed by atoms with E-state index in [0.717, 1.165) is 16.6 Å². The molecule has 0 spiro atoms. The second-order valence-electron chi connectivity index (χ2n) is 2.62. The van der Waals surface area contributed by atoms with Gasteiger partial charge in [-0.1, -0.05) is 28.1 Å². The molecule has 0 amide bonds. The van der Waals surface area contributed by atoms with E-state index in [4.69, 9.17) is 10.00 Å². The molecule has 0 saturated heterocycles. The molecule has 0 unspecified atom stereocenters. The number of benzene rings is 1. The number of hydrogen-bond acceptors (Lipinski definition) is 2. The molecule has 0 aliphatic rings. The average molecular weight is 252 g/mol. The quantitative estimate of drug-likeness (QED) is 0.775. The topological polar surface area (TPSA) is 33.0 Å². The Morgan fingerprint density at radius 1 is 1.57 bits per heavy atom. The van der Waals surface area contributed by atoms with Gasteiger partial charge >= 0.3 is 0 Å². The van der Waals surface area contributed by atoms with Crippen molar-refractivity contribution in [1.82, 2.24) is 0 Å². The number of hydrogen-bond donors (Lipinski definition) is 0. The number of halogens is 1. The van der Waals surface area contributed by atoms with Gasteiger partial charge in [-0.05, 0) is 23.8 Å². The summed E-state index contributed by atoms with van der Waals surface area (Å²) in [6.45, 7) is 0. The molecule has 72 valence electrons. The monoisotopic (exact) mass is 251 g/mol. The summed E-state index contributed by atoms with van der Waals surface area (Å²) in [5.41, 5.74) is 1.54. The molecule has 0 aliphatic heterocycles. The third kappa shape index (κ3) is 2.61. The maximum atomic E-state index is 8.84. The highest BCUT2D eigenvalue weighted by molar-refractivity contribution is 9.09. The molecule has 1 aromatic rings. The zero-order valence-corrected chi connectivity index (χ0v) is 9.41. The first-order valence-corrected chi connectivity index (χ1v) is 5.24. The molecule has 3 heteroatoms. The number of nitriles is 1. The van der Waals surface area contributed by atoms with Crippen LogP contribution in [0, 0.1) is 11.3 Å². The van der Waals surface area contributed by atoms with Gasteiger partial charge in [-0.15, -0.1) is 0 Å². The van der Waals surface area contributed by atoms with Crippen LogP contribution in [-0.2, 0) is 0 Å². The first kappa shape index (κ1) is 10.8. The van der Waals surface area contributed by atoms with E-state index in [9.17, 15) is 0 Å². The van der Waals surface area contributed by atoms with Crippen LogP contribution in [0.1, 0.15) is 11.1 Å². The number of nitrogens with zero attached hydrogens (tertiary/aromatic N) is 1. The lowest BCUT2D eigenvalue weighted by atomic mass is 10.1. The number of ether oxygens (including phenoxy) is 1. The fourth-order valence-electron chi connectivity index (χ4n) is 1.08. The van der Waals surface area contributed by atoms with E-state index < -0.39 is 0 Å². The van der Waals surface area contributed by atoms with Gasteiger partial charge in [0.1, 0.15) is 5.75 Å². The highest BCUT2D eigenvalue weighted by Gasteiger charge is 1.99. The van der Waals surface area contributed by atoms with E-state index in [1.165, 1.54) is 0 Å². The Labute approximate surface area is 91.9 Å². The third-order valence-electron chi connectivity index (χ3n) is 1.77. The summed E-state index contributed by atoms with van der Waals surface area (Å²) in [6, 6.07) is 7.52. The van der Waals surface area contributed by atoms with E-state index in [2.05, 4.69) is 22.0 Å². The Morgan fingerprint density at radius 3 is 2.93 bits per heavy atom. The van der Waals surface area contributed by atoms with Crippen molar-refractivity contribution in [1.29, 1.82) is 5.26 Å². The summed E-state index contributed by atoms with van der Waals surface area (Å²) in [6.07, 6.45) is 3.84. The summed E-state index contributed by atoms with van der Waals surface area (Å²) < 4.78 is 5.08. The Morgan fingerprint density at radius 2 is 2.36 bits per heavy atom. The Bertz CT molecular complexity index is 379. The molecule has 1 rings (SSSR count). The van der Waals surface area contributed by atoms with Crippen LogP contribution in [0.2, 0.25) is 0 Å². The predicted molar refractivity (Wildman–Crippen MR) is 60.5 cm³/mol. The van der Waals surface area contributed by atoms with Crippen LogP contribution >= 0.6 is 15.9 Å². The molecule has 1 aromatic carbocycles. The van der Waals surface area contributed by atoms with Crippen LogP contribution in [0.15, 0.2) is 24.3 Å². The fraction of sp³-hybridized carbons (Fsp3) is 0.182. The van der Waals surface area contributed by atoms with Crippen LogP contribution in [-0.4, -0.2) is 12.4 Å². The van der Waals surface area contributed by atoms with Crippen LogP contribution < -0.4 is 4.74 Å². The SMILES string of the molecule is COc1ccc(C#N)c(C=CCBr)c1. The lowest BCUT2D eigenvalue weighted by Gasteiger charge is -2.02. The predicted octanol–water partition coefficient (Wildman–Crippen LogP) is 2.97. The van der Waals surface area contributed by atoms with Gasteiger partial charge in [0.05, 0.1) is 18.7 Å². The summed E-state index contributed by atoms with van der Waals surface area (Å²) in [4.78, 5) is 0. The average Bonchev–Trinajstić information content (AvgIpc) is 2.25. The summed E-state index contributed by atoms with van der Waals surface area (Å²) >= 11 is 3.29. The van der Waals surface area contributed by atoms with E-state index >= 15 is 0 Å². The molecule has 0 atom stereocenters. The molecule has 0 aromatic heterocycles. The van der Waals surface area contributed by atoms with Crippen molar-refractivity contribution < 1.29 is 4.74 Å². The van der Waals surface area contributed by atoms with Crippen molar-refractivity contribution in [3.8, 4) is 11.8 Å². The van der Waals surface area contributed by atoms with Crippen LogP contribution in [0.3, 0.4) is 0 Å². The second-order valence-corrected chi connectivity index (χ2v) is 3.27. The smallest absolute Gasteiger partial charge is 0.119 e. The van der Waals surface area contributed by atoms with Gasteiger partial charge in [0.15, 0.2) is 0 Å². The standard InChI is InChI=1S/C11H10BrNO/c1-14-11-5-4-10(8-13)9(7-11)3-2-6-12/h2-5,7H,6H2,1H3. The summed E-state index contributed by atoms with van der Waals surface area (Å²) in [5.74, 6) is 0.762. The number of alkyl halides is 1. The molecule has 0 N–H and O–H groups in total. The summed E-state index contributed by atoms with van der Waals surface area (Å²) in [7, 11) is 1.61. The van der Waals surface area contributed by atoms with Crippen molar-refractivity contribution in [3.05, 3.63) is 35.4 Å². The van der Waals surface area contributed by atoms with Crippen molar-refractivity contribution in [2.75, 3.05) is 12.4 Å². The number of allylic oxidation sites excluding steroid dienone is 1. The van der Waals surface area contributed by atoms with Gasteiger partial charge in [0.25, 0.3) is 0 Å². The van der Waals surface area contributed by atoms with Crippen LogP contribution in [0.4, 0.5) is 0 Å². The van der Waals surface area contributed by atoms with Gasteiger partial charge in [-0.25, -0.2) is 0 Å². The van der Waals surface area contributed by atoms with Crippen LogP contribution in [0.5, 0.6) is 5.75 Å². The maximum Gasteiger partial charge on any atom is 0.119 e. The van der Waals surface area contributed by atoms with Gasteiger partial charge in [0.2, 0.25) is 0 Å². The fourth-order valence-corrected chi connectivity index (χ4v) is 1.27. The first-order valence-electron chi connectivity index (χ1n) is 4.12. The second kappa shape index (κ2) is 5.46. The Kier molecular flexibility index (Phi) is 4.21. The molecule has 0 saturated carbocycles. The Balaban J connectivity index is 3.10. The van der Waals surface area contributed by atoms with Crippen LogP contribution in [0.25, 0.3) is 6.08 Å². The van der Waals surface area contributed by atoms with Crippen molar-refractivity contribution >= 4 is 22.0 Å². The molecule has 2 nitrogen and oxygen atoms in total. The maximum absolute atomic E-state index is 8.84. The highest BCUT2D eigenvalue weighted by atomic mass is 79.9. The van der Waals surface area contributed by atoms with Gasteiger partial charge < -0.3 is 4.74 Å². The van der Waals surface area contributed by atoms with E-state index in [0.29, 0.717) is 5.56 Å². The third-order valence-corrected chi connectivity index (χ3v) is 2.14. The minimum Gasteiger partial charge on any atom is -0.497 e. The zero-order chi connectivity index (χ0) is 10.4. The molecular formula is C11H10BrNO. The molecule has 0 heterocycles. The highest BCUT2D eigenvalue weighted by Crippen LogP contribution is 2.18. The lowest BCUT2D eigenvalue weighted by molar-refractivity contribution is 0.414. The van der Waals surface area contributed by atoms with Crippen molar-refractivity contribution in [3.63, 3.8) is 0 Å². The molecule has 0 aliphatic carbocycles. The van der Waals surface area contributed by atoms with Crippen molar-refractivity contribution in [2.45, 2.75) is 0 Å². The zero-order valence-electron chi connectivity index (χ0n) is 7.83. The van der Waals surface area contributed by atoms with E-state index in [1.54, 1.807) is 19.2 Å². The van der Waals surface area contributed by atoms with Gasteiger partial charge in [-0.3, -0.25) is 0 Å². The molecular weight excluding hydrogens is 242 g/mol. The Hall–Kier alpha value is -1.27. The number of methoxy groups -OCH3 is 1. The molecule has 0 fully saturated rings. The van der Waals surface area contributed by atoms with Crippen molar-refractivity contribution in [2.24, 2.45) is 0 Å².